The van der Waals surface area contributed by atoms with Gasteiger partial charge in [0.25, 0.3) is 0 Å². The van der Waals surface area contributed by atoms with Crippen LogP contribution in [0.4, 0.5) is 0 Å². The van der Waals surface area contributed by atoms with Crippen LogP contribution in [0.2, 0.25) is 0 Å². The molecule has 0 spiro atoms. The number of aromatic nitrogens is 2. The van der Waals surface area contributed by atoms with Crippen molar-refractivity contribution < 1.29 is 9.21 Å². The average Bonchev–Trinajstić information content (AvgIpc) is 3.19. The number of hydrogen-bond acceptors (Lipinski definition) is 5. The monoisotopic (exact) mass is 305 g/mol. The van der Waals surface area contributed by atoms with Gasteiger partial charge in [-0.25, -0.2) is 0 Å². The van der Waals surface area contributed by atoms with Crippen LogP contribution in [0.1, 0.15) is 44.4 Å². The van der Waals surface area contributed by atoms with Crippen LogP contribution in [0.15, 0.2) is 21.2 Å². The molecule has 21 heavy (non-hydrogen) atoms. The number of hydrogen-bond donors (Lipinski definition) is 0. The Morgan fingerprint density at radius 1 is 1.43 bits per heavy atom. The largest absolute Gasteiger partial charge is 0.420 e. The summed E-state index contributed by atoms with van der Waals surface area (Å²) in [5.74, 6) is 1.84. The topological polar surface area (TPSA) is 59.2 Å². The molecule has 1 aliphatic rings. The molecule has 0 N–H and O–H groups in total. The molecular formula is C15H19N3O2S. The summed E-state index contributed by atoms with van der Waals surface area (Å²) in [4.78, 5) is 13.8. The molecule has 0 aliphatic carbocycles. The first-order valence-corrected chi connectivity index (χ1v) is 8.36. The Labute approximate surface area is 128 Å². The van der Waals surface area contributed by atoms with Gasteiger partial charge >= 0.3 is 0 Å². The number of piperidine rings is 1. The molecule has 0 radical (unpaired) electrons. The predicted molar refractivity (Wildman–Crippen MR) is 81.1 cm³/mol. The van der Waals surface area contributed by atoms with Gasteiger partial charge in [0, 0.05) is 36.4 Å². The summed E-state index contributed by atoms with van der Waals surface area (Å²) in [5, 5.41) is 12.3. The first kappa shape index (κ1) is 14.3. The Kier molecular flexibility index (Phi) is 4.34. The van der Waals surface area contributed by atoms with Crippen LogP contribution < -0.4 is 0 Å². The van der Waals surface area contributed by atoms with E-state index in [0.717, 1.165) is 37.9 Å². The summed E-state index contributed by atoms with van der Waals surface area (Å²) in [6.07, 6.45) is 3.36. The number of thiophene rings is 1. The van der Waals surface area contributed by atoms with Crippen molar-refractivity contribution in [1.29, 1.82) is 0 Å². The zero-order chi connectivity index (χ0) is 14.7. The third-order valence-corrected chi connectivity index (χ3v) is 4.55. The molecule has 1 fully saturated rings. The van der Waals surface area contributed by atoms with Crippen molar-refractivity contribution in [2.45, 2.75) is 38.5 Å². The van der Waals surface area contributed by atoms with E-state index in [-0.39, 0.29) is 11.8 Å². The predicted octanol–water partition coefficient (Wildman–Crippen LogP) is 3.30. The first-order valence-electron chi connectivity index (χ1n) is 7.41. The van der Waals surface area contributed by atoms with E-state index in [4.69, 9.17) is 4.42 Å². The molecule has 3 heterocycles. The molecule has 1 amide bonds. The maximum Gasteiger partial charge on any atom is 0.248 e. The Balaban J connectivity index is 1.61. The maximum absolute atomic E-state index is 11.9. The highest BCUT2D eigenvalue weighted by Crippen LogP contribution is 2.30. The fraction of sp³-hybridized carbons (Fsp3) is 0.533. The number of rotatable bonds is 4. The van der Waals surface area contributed by atoms with Crippen molar-refractivity contribution in [3.05, 3.63) is 22.7 Å². The van der Waals surface area contributed by atoms with Gasteiger partial charge in [-0.05, 0) is 30.7 Å². The highest BCUT2D eigenvalue weighted by molar-refractivity contribution is 7.08. The standard InChI is InChI=1S/C15H19N3O2S/c1-2-3-13(19)18-7-4-11(5-8-18)14-16-17-15(20-14)12-6-9-21-10-12/h6,9-11H,2-5,7-8H2,1H3. The van der Waals surface area contributed by atoms with E-state index in [1.54, 1.807) is 11.3 Å². The van der Waals surface area contributed by atoms with Crippen LogP contribution >= 0.6 is 11.3 Å². The zero-order valence-electron chi connectivity index (χ0n) is 12.1. The SMILES string of the molecule is CCCC(=O)N1CCC(c2nnc(-c3ccsc3)o2)CC1. The molecule has 0 unspecified atom stereocenters. The van der Waals surface area contributed by atoms with Gasteiger partial charge in [-0.2, -0.15) is 11.3 Å². The van der Waals surface area contributed by atoms with Crippen molar-refractivity contribution in [3.8, 4) is 11.5 Å². The van der Waals surface area contributed by atoms with Crippen LogP contribution in [0.25, 0.3) is 11.5 Å². The Hall–Kier alpha value is -1.69. The number of carbonyl (C=O) groups excluding carboxylic acids is 1. The van der Waals surface area contributed by atoms with Crippen molar-refractivity contribution in [2.24, 2.45) is 0 Å². The van der Waals surface area contributed by atoms with Gasteiger partial charge in [0.1, 0.15) is 0 Å². The highest BCUT2D eigenvalue weighted by atomic mass is 32.1. The van der Waals surface area contributed by atoms with E-state index in [1.807, 2.05) is 28.7 Å². The molecule has 3 rings (SSSR count). The molecule has 6 heteroatoms. The smallest absolute Gasteiger partial charge is 0.248 e. The van der Waals surface area contributed by atoms with Crippen molar-refractivity contribution >= 4 is 17.2 Å². The highest BCUT2D eigenvalue weighted by Gasteiger charge is 2.27. The van der Waals surface area contributed by atoms with Crippen molar-refractivity contribution in [2.75, 3.05) is 13.1 Å². The molecule has 2 aromatic heterocycles. The number of carbonyl (C=O) groups is 1. The Morgan fingerprint density at radius 3 is 2.90 bits per heavy atom. The van der Waals surface area contributed by atoms with E-state index >= 15 is 0 Å². The molecule has 0 saturated carbocycles. The van der Waals surface area contributed by atoms with Crippen LogP contribution in [0.5, 0.6) is 0 Å². The molecule has 1 aliphatic heterocycles. The van der Waals surface area contributed by atoms with Crippen LogP contribution in [0, 0.1) is 0 Å². The van der Waals surface area contributed by atoms with Crippen LogP contribution in [-0.2, 0) is 4.79 Å². The minimum absolute atomic E-state index is 0.264. The lowest BCUT2D eigenvalue weighted by Gasteiger charge is -2.30. The lowest BCUT2D eigenvalue weighted by atomic mass is 9.96. The van der Waals surface area contributed by atoms with Crippen LogP contribution in [-0.4, -0.2) is 34.1 Å². The van der Waals surface area contributed by atoms with Gasteiger partial charge in [0.05, 0.1) is 0 Å². The van der Waals surface area contributed by atoms with Gasteiger partial charge in [0.15, 0.2) is 0 Å². The lowest BCUT2D eigenvalue weighted by Crippen LogP contribution is -2.37. The first-order chi connectivity index (χ1) is 10.3. The van der Waals surface area contributed by atoms with Gasteiger partial charge in [0.2, 0.25) is 17.7 Å². The third kappa shape index (κ3) is 3.15. The quantitative estimate of drug-likeness (QED) is 0.869. The number of nitrogens with zero attached hydrogens (tertiary/aromatic N) is 3. The zero-order valence-corrected chi connectivity index (χ0v) is 12.9. The molecule has 0 atom stereocenters. The van der Waals surface area contributed by atoms with Gasteiger partial charge in [-0.15, -0.1) is 10.2 Å². The normalized spacial score (nSPS) is 16.3. The fourth-order valence-electron chi connectivity index (χ4n) is 2.65. The van der Waals surface area contributed by atoms with Gasteiger partial charge in [-0.1, -0.05) is 6.92 Å². The molecule has 112 valence electrons. The second kappa shape index (κ2) is 6.39. The molecule has 1 saturated heterocycles. The van der Waals surface area contributed by atoms with Gasteiger partial charge < -0.3 is 9.32 Å². The second-order valence-electron chi connectivity index (χ2n) is 5.36. The van der Waals surface area contributed by atoms with Gasteiger partial charge in [-0.3, -0.25) is 4.79 Å². The van der Waals surface area contributed by atoms with E-state index in [2.05, 4.69) is 10.2 Å². The summed E-state index contributed by atoms with van der Waals surface area (Å²) >= 11 is 1.62. The third-order valence-electron chi connectivity index (χ3n) is 3.87. The van der Waals surface area contributed by atoms with Crippen molar-refractivity contribution in [3.63, 3.8) is 0 Å². The minimum atomic E-state index is 0.264. The van der Waals surface area contributed by atoms with E-state index < -0.39 is 0 Å². The van der Waals surface area contributed by atoms with Crippen LogP contribution in [0.3, 0.4) is 0 Å². The van der Waals surface area contributed by atoms with E-state index in [0.29, 0.717) is 18.2 Å². The lowest BCUT2D eigenvalue weighted by molar-refractivity contribution is -0.132. The van der Waals surface area contributed by atoms with E-state index in [1.165, 1.54) is 0 Å². The minimum Gasteiger partial charge on any atom is -0.420 e. The molecule has 2 aromatic rings. The number of likely N-dealkylation sites (tertiary alicyclic amines) is 1. The summed E-state index contributed by atoms with van der Waals surface area (Å²) in [6, 6.07) is 1.98. The molecule has 5 nitrogen and oxygen atoms in total. The summed E-state index contributed by atoms with van der Waals surface area (Å²) < 4.78 is 5.79. The molecular weight excluding hydrogens is 286 g/mol. The maximum atomic E-state index is 11.9. The fourth-order valence-corrected chi connectivity index (χ4v) is 3.28. The van der Waals surface area contributed by atoms with Crippen molar-refractivity contribution in [1.82, 2.24) is 15.1 Å². The Morgan fingerprint density at radius 2 is 2.24 bits per heavy atom. The summed E-state index contributed by atoms with van der Waals surface area (Å²) in [7, 11) is 0. The average molecular weight is 305 g/mol. The Bertz CT molecular complexity index is 586. The number of amides is 1. The summed E-state index contributed by atoms with van der Waals surface area (Å²) in [6.45, 7) is 3.62. The molecule has 0 aromatic carbocycles. The second-order valence-corrected chi connectivity index (χ2v) is 6.14. The summed E-state index contributed by atoms with van der Waals surface area (Å²) in [5.41, 5.74) is 0.981. The van der Waals surface area contributed by atoms with E-state index in [9.17, 15) is 4.79 Å². The molecule has 0 bridgehead atoms.